The lowest BCUT2D eigenvalue weighted by Crippen LogP contribution is -2.37. The van der Waals surface area contributed by atoms with Gasteiger partial charge in [0.15, 0.2) is 11.5 Å². The minimum absolute atomic E-state index is 0.0788. The summed E-state index contributed by atoms with van der Waals surface area (Å²) in [6, 6.07) is 14.0. The van der Waals surface area contributed by atoms with Crippen LogP contribution in [0.2, 0.25) is 0 Å². The molecule has 0 unspecified atom stereocenters. The second kappa shape index (κ2) is 12.6. The van der Waals surface area contributed by atoms with E-state index in [1.54, 1.807) is 7.11 Å². The van der Waals surface area contributed by atoms with Gasteiger partial charge < -0.3 is 19.5 Å². The average molecular weight is 410 g/mol. The van der Waals surface area contributed by atoms with Crippen LogP contribution in [-0.2, 0) is 22.4 Å². The Kier molecular flexibility index (Phi) is 9.76. The van der Waals surface area contributed by atoms with E-state index >= 15 is 0 Å². The summed E-state index contributed by atoms with van der Waals surface area (Å²) in [4.78, 5) is 12.6. The van der Waals surface area contributed by atoms with E-state index in [1.807, 2.05) is 25.1 Å². The minimum atomic E-state index is -0.453. The highest BCUT2D eigenvalue weighted by Gasteiger charge is 2.18. The summed E-state index contributed by atoms with van der Waals surface area (Å²) in [7, 11) is 1.59. The fourth-order valence-corrected chi connectivity index (χ4v) is 3.09. The van der Waals surface area contributed by atoms with Crippen molar-refractivity contribution in [3.8, 4) is 23.8 Å². The zero-order valence-corrected chi connectivity index (χ0v) is 18.1. The molecule has 0 fully saturated rings. The van der Waals surface area contributed by atoms with Crippen LogP contribution in [0.4, 0.5) is 0 Å². The van der Waals surface area contributed by atoms with Gasteiger partial charge in [-0.3, -0.25) is 4.79 Å². The average Bonchev–Trinajstić information content (AvgIpc) is 2.76. The molecule has 0 aliphatic carbocycles. The Morgan fingerprint density at radius 1 is 1.10 bits per heavy atom. The quantitative estimate of drug-likeness (QED) is 0.543. The number of ether oxygens (including phenoxy) is 3. The molecule has 1 N–H and O–H groups in total. The van der Waals surface area contributed by atoms with Crippen molar-refractivity contribution in [2.45, 2.75) is 39.2 Å². The number of amides is 1. The highest BCUT2D eigenvalue weighted by Crippen LogP contribution is 2.28. The van der Waals surface area contributed by atoms with E-state index in [9.17, 15) is 4.79 Å². The molecule has 0 aliphatic heterocycles. The molecule has 0 aromatic heterocycles. The Balaban J connectivity index is 1.86. The number of methoxy groups -OCH3 is 1. The monoisotopic (exact) mass is 409 g/mol. The number of carbonyl (C=O) groups excluding carboxylic acids is 1. The van der Waals surface area contributed by atoms with Crippen LogP contribution < -0.4 is 14.8 Å². The number of hydrogen-bond acceptors (Lipinski definition) is 4. The van der Waals surface area contributed by atoms with Gasteiger partial charge in [0.1, 0.15) is 12.7 Å². The van der Waals surface area contributed by atoms with Crippen molar-refractivity contribution < 1.29 is 19.0 Å². The molecule has 5 heteroatoms. The van der Waals surface area contributed by atoms with Crippen molar-refractivity contribution in [1.29, 1.82) is 0 Å². The van der Waals surface area contributed by atoms with Crippen molar-refractivity contribution in [2.75, 3.05) is 26.9 Å². The largest absolute Gasteiger partial charge is 0.493 e. The van der Waals surface area contributed by atoms with Crippen molar-refractivity contribution in [3.63, 3.8) is 0 Å². The van der Waals surface area contributed by atoms with Gasteiger partial charge in [-0.2, -0.15) is 0 Å². The summed E-state index contributed by atoms with van der Waals surface area (Å²) in [5.74, 6) is 3.59. The molecule has 0 bridgehead atoms. The van der Waals surface area contributed by atoms with E-state index in [4.69, 9.17) is 20.6 Å². The number of nitrogens with one attached hydrogen (secondary N) is 1. The molecule has 2 rings (SSSR count). The Morgan fingerprint density at radius 3 is 2.50 bits per heavy atom. The molecule has 1 atom stereocenters. The molecule has 2 aromatic carbocycles. The van der Waals surface area contributed by atoms with Crippen molar-refractivity contribution in [3.05, 3.63) is 59.2 Å². The molecule has 0 spiro atoms. The fourth-order valence-electron chi connectivity index (χ4n) is 3.09. The fraction of sp³-hybridized carbons (Fsp3) is 0.400. The van der Waals surface area contributed by atoms with E-state index in [1.165, 1.54) is 11.1 Å². The number of carbonyl (C=O) groups is 1. The van der Waals surface area contributed by atoms with Gasteiger partial charge in [-0.05, 0) is 56.4 Å². The van der Waals surface area contributed by atoms with Crippen LogP contribution in [0.25, 0.3) is 0 Å². The normalized spacial score (nSPS) is 11.4. The van der Waals surface area contributed by atoms with Crippen LogP contribution >= 0.6 is 0 Å². The summed E-state index contributed by atoms with van der Waals surface area (Å²) in [6.07, 6.45) is 6.90. The molecule has 0 aliphatic rings. The molecular weight excluding hydrogens is 378 g/mol. The third kappa shape index (κ3) is 7.46. The molecule has 0 heterocycles. The Bertz CT molecular complexity index is 839. The maximum absolute atomic E-state index is 12.6. The van der Waals surface area contributed by atoms with E-state index in [2.05, 4.69) is 42.4 Å². The summed E-state index contributed by atoms with van der Waals surface area (Å²) in [6.45, 7) is 5.17. The molecular formula is C25H31NO4. The molecule has 5 nitrogen and oxygen atoms in total. The van der Waals surface area contributed by atoms with Crippen LogP contribution in [0, 0.1) is 19.3 Å². The van der Waals surface area contributed by atoms with Crippen LogP contribution in [0.3, 0.4) is 0 Å². The lowest BCUT2D eigenvalue weighted by atomic mass is 10.0. The van der Waals surface area contributed by atoms with Gasteiger partial charge in [0.25, 0.3) is 0 Å². The topological polar surface area (TPSA) is 56.8 Å². The first-order chi connectivity index (χ1) is 14.6. The SMILES string of the molecule is C#CCOc1ccc(CCNC(=O)[C@H](CCc2ccc(C)cc2)OCC)cc1OC. The third-order valence-electron chi connectivity index (χ3n) is 4.73. The Labute approximate surface area is 179 Å². The second-order valence-electron chi connectivity index (χ2n) is 6.99. The van der Waals surface area contributed by atoms with Crippen molar-refractivity contribution in [2.24, 2.45) is 0 Å². The van der Waals surface area contributed by atoms with Gasteiger partial charge in [0.05, 0.1) is 7.11 Å². The maximum atomic E-state index is 12.6. The maximum Gasteiger partial charge on any atom is 0.249 e. The first-order valence-corrected chi connectivity index (χ1v) is 10.2. The highest BCUT2D eigenvalue weighted by molar-refractivity contribution is 5.80. The van der Waals surface area contributed by atoms with E-state index < -0.39 is 6.10 Å². The molecule has 160 valence electrons. The van der Waals surface area contributed by atoms with Crippen LogP contribution in [0.5, 0.6) is 11.5 Å². The summed E-state index contributed by atoms with van der Waals surface area (Å²) in [5, 5.41) is 2.99. The third-order valence-corrected chi connectivity index (χ3v) is 4.73. The van der Waals surface area contributed by atoms with Crippen LogP contribution in [0.15, 0.2) is 42.5 Å². The zero-order valence-electron chi connectivity index (χ0n) is 18.1. The van der Waals surface area contributed by atoms with Gasteiger partial charge in [-0.25, -0.2) is 0 Å². The van der Waals surface area contributed by atoms with Gasteiger partial charge in [0, 0.05) is 13.2 Å². The predicted octanol–water partition coefficient (Wildman–Crippen LogP) is 3.71. The van der Waals surface area contributed by atoms with Gasteiger partial charge in [0.2, 0.25) is 5.91 Å². The Hall–Kier alpha value is -2.97. The molecule has 0 saturated carbocycles. The number of aryl methyl sites for hydroxylation is 2. The first kappa shape index (κ1) is 23.3. The molecule has 1 amide bonds. The van der Waals surface area contributed by atoms with E-state index in [0.717, 1.165) is 12.0 Å². The van der Waals surface area contributed by atoms with Gasteiger partial charge in [-0.1, -0.05) is 41.8 Å². The van der Waals surface area contributed by atoms with Crippen LogP contribution in [-0.4, -0.2) is 38.9 Å². The predicted molar refractivity (Wildman–Crippen MR) is 119 cm³/mol. The number of rotatable bonds is 12. The zero-order chi connectivity index (χ0) is 21.8. The number of terminal acetylenes is 1. The van der Waals surface area contributed by atoms with E-state index in [-0.39, 0.29) is 12.5 Å². The minimum Gasteiger partial charge on any atom is -0.493 e. The lowest BCUT2D eigenvalue weighted by Gasteiger charge is -2.17. The molecule has 30 heavy (non-hydrogen) atoms. The second-order valence-corrected chi connectivity index (χ2v) is 6.99. The number of benzene rings is 2. The van der Waals surface area contributed by atoms with Crippen molar-refractivity contribution in [1.82, 2.24) is 5.32 Å². The molecule has 0 saturated heterocycles. The summed E-state index contributed by atoms with van der Waals surface area (Å²) in [5.41, 5.74) is 3.47. The summed E-state index contributed by atoms with van der Waals surface area (Å²) < 4.78 is 16.5. The van der Waals surface area contributed by atoms with Crippen molar-refractivity contribution >= 4 is 5.91 Å². The first-order valence-electron chi connectivity index (χ1n) is 10.2. The Morgan fingerprint density at radius 2 is 1.83 bits per heavy atom. The van der Waals surface area contributed by atoms with Crippen LogP contribution in [0.1, 0.15) is 30.0 Å². The molecule has 2 aromatic rings. The van der Waals surface area contributed by atoms with E-state index in [0.29, 0.717) is 37.5 Å². The smallest absolute Gasteiger partial charge is 0.249 e. The molecule has 0 radical (unpaired) electrons. The standard InChI is InChI=1S/C25H31NO4/c1-5-17-30-22-13-12-21(18-24(22)28-4)15-16-26-25(27)23(29-6-2)14-11-20-9-7-19(3)8-10-20/h1,7-10,12-13,18,23H,6,11,14-17H2,2-4H3,(H,26,27)/t23-/m0/s1. The van der Waals surface area contributed by atoms with Gasteiger partial charge in [-0.15, -0.1) is 6.42 Å². The highest BCUT2D eigenvalue weighted by atomic mass is 16.5. The summed E-state index contributed by atoms with van der Waals surface area (Å²) >= 11 is 0. The van der Waals surface area contributed by atoms with Gasteiger partial charge >= 0.3 is 0 Å². The number of hydrogen-bond donors (Lipinski definition) is 1. The lowest BCUT2D eigenvalue weighted by molar-refractivity contribution is -0.132.